The molecule has 35 heavy (non-hydrogen) atoms. The first-order chi connectivity index (χ1) is 16.1. The van der Waals surface area contributed by atoms with Crippen LogP contribution >= 0.6 is 23.2 Å². The van der Waals surface area contributed by atoms with Gasteiger partial charge >= 0.3 is 7.12 Å². The summed E-state index contributed by atoms with van der Waals surface area (Å²) in [6.45, 7) is 11.0. The first-order valence-corrected chi connectivity index (χ1v) is 13.3. The molecule has 4 fully saturated rings. The standard InChI is InChI=1S/C24H35B3Cl2N2O4/c1-12(2)8-19(27-34-18-10-13-9-17(22(13,3)4)23(18,5)35-27)30-21(33)24(25,26)31-20(32)15-11-14(28)6-7-16(15)29/h6-7,11-13,17-19H,8-10,25-26H2,1-5H3,(H,30,33)(H,31,32)/t13-,17-,18+,19-,23-/m0/s1. The molecule has 0 spiro atoms. The van der Waals surface area contributed by atoms with E-state index in [0.29, 0.717) is 29.2 Å². The second kappa shape index (κ2) is 9.31. The van der Waals surface area contributed by atoms with Crippen LogP contribution in [0.4, 0.5) is 0 Å². The number of nitrogens with one attached hydrogen (secondary N) is 2. The van der Waals surface area contributed by atoms with E-state index < -0.39 is 18.4 Å². The van der Waals surface area contributed by atoms with Crippen molar-refractivity contribution in [2.45, 2.75) is 76.9 Å². The van der Waals surface area contributed by atoms with E-state index in [-0.39, 0.29) is 39.6 Å². The van der Waals surface area contributed by atoms with Crippen molar-refractivity contribution < 1.29 is 18.9 Å². The fraction of sp³-hybridized carbons (Fsp3) is 0.667. The molecular weight excluding hydrogens is 484 g/mol. The Bertz CT molecular complexity index is 1020. The Morgan fingerprint density at radius 2 is 1.91 bits per heavy atom. The predicted molar refractivity (Wildman–Crippen MR) is 145 cm³/mol. The molecule has 11 heteroatoms. The molecule has 6 nitrogen and oxygen atoms in total. The van der Waals surface area contributed by atoms with Crippen molar-refractivity contribution in [2.24, 2.45) is 23.2 Å². The van der Waals surface area contributed by atoms with Crippen LogP contribution in [0.2, 0.25) is 10.0 Å². The zero-order chi connectivity index (χ0) is 25.9. The molecule has 0 radical (unpaired) electrons. The number of halogens is 2. The third kappa shape index (κ3) is 4.91. The molecule has 5 atom stereocenters. The highest BCUT2D eigenvalue weighted by atomic mass is 35.5. The van der Waals surface area contributed by atoms with E-state index in [4.69, 9.17) is 32.5 Å². The van der Waals surface area contributed by atoms with Crippen LogP contribution in [0.5, 0.6) is 0 Å². The predicted octanol–water partition coefficient (Wildman–Crippen LogP) is 2.44. The van der Waals surface area contributed by atoms with E-state index in [1.165, 1.54) is 12.5 Å². The molecular formula is C24H35B3Cl2N2O4. The lowest BCUT2D eigenvalue weighted by atomic mass is 9.43. The summed E-state index contributed by atoms with van der Waals surface area (Å²) < 4.78 is 13.1. The smallest absolute Gasteiger partial charge is 0.404 e. The molecule has 0 unspecified atom stereocenters. The zero-order valence-corrected chi connectivity index (χ0v) is 23.2. The first kappa shape index (κ1) is 26.9. The summed E-state index contributed by atoms with van der Waals surface area (Å²) in [6, 6.07) is 4.66. The number of carbonyl (C=O) groups excluding carboxylic acids is 2. The van der Waals surface area contributed by atoms with Gasteiger partial charge in [0, 0.05) is 5.02 Å². The van der Waals surface area contributed by atoms with Crippen molar-refractivity contribution in [1.82, 2.24) is 10.6 Å². The Kier molecular flexibility index (Phi) is 7.15. The maximum absolute atomic E-state index is 13.4. The first-order valence-electron chi connectivity index (χ1n) is 12.6. The molecule has 0 aromatic heterocycles. The van der Waals surface area contributed by atoms with E-state index in [0.717, 1.165) is 6.42 Å². The van der Waals surface area contributed by atoms with Crippen molar-refractivity contribution in [3.8, 4) is 0 Å². The van der Waals surface area contributed by atoms with Gasteiger partial charge in [-0.05, 0) is 67.6 Å². The third-order valence-electron chi connectivity index (χ3n) is 8.51. The zero-order valence-electron chi connectivity index (χ0n) is 21.7. The van der Waals surface area contributed by atoms with E-state index in [2.05, 4.69) is 45.3 Å². The fourth-order valence-corrected chi connectivity index (χ4v) is 6.62. The van der Waals surface area contributed by atoms with Crippen molar-refractivity contribution in [3.05, 3.63) is 33.8 Å². The van der Waals surface area contributed by atoms with Crippen molar-refractivity contribution >= 4 is 57.8 Å². The molecule has 188 valence electrons. The van der Waals surface area contributed by atoms with Gasteiger partial charge in [0.25, 0.3) is 5.91 Å². The van der Waals surface area contributed by atoms with Gasteiger partial charge in [0.15, 0.2) is 0 Å². The number of amides is 2. The van der Waals surface area contributed by atoms with Gasteiger partial charge < -0.3 is 19.9 Å². The monoisotopic (exact) mass is 518 g/mol. The molecule has 3 aliphatic carbocycles. The highest BCUT2D eigenvalue weighted by Crippen LogP contribution is 2.65. The summed E-state index contributed by atoms with van der Waals surface area (Å²) in [5.74, 6) is 0.293. The number of hydrogen-bond acceptors (Lipinski definition) is 4. The second-order valence-electron chi connectivity index (χ2n) is 12.2. The van der Waals surface area contributed by atoms with Crippen molar-refractivity contribution in [1.29, 1.82) is 0 Å². The highest BCUT2D eigenvalue weighted by molar-refractivity contribution is 6.53. The van der Waals surface area contributed by atoms with Crippen LogP contribution in [-0.2, 0) is 14.1 Å². The normalized spacial score (nSPS) is 29.8. The molecule has 1 heterocycles. The summed E-state index contributed by atoms with van der Waals surface area (Å²) in [4.78, 5) is 26.3. The Morgan fingerprint density at radius 3 is 2.54 bits per heavy atom. The molecule has 4 aliphatic rings. The van der Waals surface area contributed by atoms with Crippen LogP contribution in [-0.4, -0.2) is 57.6 Å². The lowest BCUT2D eigenvalue weighted by molar-refractivity contribution is -0.199. The molecule has 2 amide bonds. The van der Waals surface area contributed by atoms with E-state index >= 15 is 0 Å². The van der Waals surface area contributed by atoms with Gasteiger partial charge in [0.1, 0.15) is 15.7 Å². The number of benzene rings is 1. The van der Waals surface area contributed by atoms with Gasteiger partial charge in [0.2, 0.25) is 5.91 Å². The van der Waals surface area contributed by atoms with Crippen LogP contribution in [0.3, 0.4) is 0 Å². The van der Waals surface area contributed by atoms with Crippen LogP contribution in [0.15, 0.2) is 18.2 Å². The minimum absolute atomic E-state index is 0.0357. The quantitative estimate of drug-likeness (QED) is 0.544. The molecule has 5 rings (SSSR count). The minimum atomic E-state index is -1.20. The SMILES string of the molecule is BC(B)(NC(=O)c1cc(Cl)ccc1Cl)C(=O)N[C@@H](CC(C)C)B1O[C@@H]2C[C@@H]3C[C@@H](C3(C)C)[C@]2(C)O1. The van der Waals surface area contributed by atoms with Crippen LogP contribution in [0.1, 0.15) is 64.2 Å². The summed E-state index contributed by atoms with van der Waals surface area (Å²) in [7, 11) is 2.81. The summed E-state index contributed by atoms with van der Waals surface area (Å²) in [5.41, 5.74) is 0.115. The van der Waals surface area contributed by atoms with Gasteiger partial charge in [-0.3, -0.25) is 9.59 Å². The lowest BCUT2D eigenvalue weighted by Crippen LogP contribution is -2.65. The molecule has 3 saturated carbocycles. The van der Waals surface area contributed by atoms with Crippen LogP contribution < -0.4 is 10.6 Å². The molecule has 1 aromatic rings. The average Bonchev–Trinajstić information content (AvgIpc) is 3.11. The summed E-state index contributed by atoms with van der Waals surface area (Å²) in [6.07, 6.45) is 2.89. The van der Waals surface area contributed by atoms with Crippen LogP contribution in [0.25, 0.3) is 0 Å². The largest absolute Gasteiger partial charge is 0.481 e. The number of rotatable bonds is 7. The minimum Gasteiger partial charge on any atom is -0.404 e. The topological polar surface area (TPSA) is 76.7 Å². The maximum atomic E-state index is 13.4. The molecule has 1 aromatic carbocycles. The van der Waals surface area contributed by atoms with E-state index in [9.17, 15) is 9.59 Å². The van der Waals surface area contributed by atoms with Gasteiger partial charge in [-0.25, -0.2) is 0 Å². The number of hydrogen-bond donors (Lipinski definition) is 2. The Hall–Kier alpha value is -1.15. The van der Waals surface area contributed by atoms with Crippen LogP contribution in [0, 0.1) is 23.2 Å². The second-order valence-corrected chi connectivity index (χ2v) is 13.1. The third-order valence-corrected chi connectivity index (χ3v) is 9.07. The van der Waals surface area contributed by atoms with E-state index in [1.54, 1.807) is 27.8 Å². The molecule has 1 saturated heterocycles. The lowest BCUT2D eigenvalue weighted by Gasteiger charge is -2.64. The van der Waals surface area contributed by atoms with Gasteiger partial charge in [-0.1, -0.05) is 50.9 Å². The molecule has 2 N–H and O–H groups in total. The Balaban J connectivity index is 1.47. The maximum Gasteiger partial charge on any atom is 0.481 e. The summed E-state index contributed by atoms with van der Waals surface area (Å²) in [5, 5.41) is 5.39. The van der Waals surface area contributed by atoms with E-state index in [1.807, 2.05) is 0 Å². The highest BCUT2D eigenvalue weighted by Gasteiger charge is 2.68. The Labute approximate surface area is 220 Å². The van der Waals surface area contributed by atoms with Gasteiger partial charge in [-0.15, -0.1) is 0 Å². The van der Waals surface area contributed by atoms with Gasteiger partial charge in [-0.2, -0.15) is 0 Å². The average molecular weight is 519 g/mol. The molecule has 1 aliphatic heterocycles. The number of carbonyl (C=O) groups is 2. The van der Waals surface area contributed by atoms with Crippen molar-refractivity contribution in [3.63, 3.8) is 0 Å². The van der Waals surface area contributed by atoms with Gasteiger partial charge in [0.05, 0.1) is 33.6 Å². The Morgan fingerprint density at radius 1 is 1.23 bits per heavy atom. The van der Waals surface area contributed by atoms with Crippen molar-refractivity contribution in [2.75, 3.05) is 0 Å². The molecule has 2 bridgehead atoms. The summed E-state index contributed by atoms with van der Waals surface area (Å²) >= 11 is 12.2. The fourth-order valence-electron chi connectivity index (χ4n) is 6.25.